The number of benzene rings is 1. The summed E-state index contributed by atoms with van der Waals surface area (Å²) in [4.78, 5) is 2.34. The van der Waals surface area contributed by atoms with Crippen LogP contribution in [0.1, 0.15) is 5.56 Å². The number of hydrogen-bond donors (Lipinski definition) is 0. The molecule has 0 bridgehead atoms. The van der Waals surface area contributed by atoms with Crippen molar-refractivity contribution in [3.05, 3.63) is 36.2 Å². The van der Waals surface area contributed by atoms with Crippen molar-refractivity contribution in [1.82, 2.24) is 4.57 Å². The van der Waals surface area contributed by atoms with Gasteiger partial charge in [0.2, 0.25) is 0 Å². The minimum Gasteiger partial charge on any atom is -0.374 e. The summed E-state index contributed by atoms with van der Waals surface area (Å²) in [7, 11) is 2.11. The highest BCUT2D eigenvalue weighted by molar-refractivity contribution is 6.49. The molecule has 0 radical (unpaired) electrons. The van der Waals surface area contributed by atoms with Crippen molar-refractivity contribution in [2.75, 3.05) is 18.0 Å². The van der Waals surface area contributed by atoms with Gasteiger partial charge in [0, 0.05) is 12.2 Å². The first kappa shape index (κ1) is 10.2. The molecule has 18 heavy (non-hydrogen) atoms. The highest BCUT2D eigenvalue weighted by atomic mass is 16.5. The second-order valence-electron chi connectivity index (χ2n) is 5.00. The molecule has 90 valence electrons. The first-order chi connectivity index (χ1) is 8.77. The number of nitrogens with zero attached hydrogens (tertiary/aromatic N) is 3. The molecule has 1 aromatic heterocycles. The fourth-order valence-corrected chi connectivity index (χ4v) is 3.09. The molecule has 2 aromatic rings. The van der Waals surface area contributed by atoms with E-state index < -0.39 is 0 Å². The molecule has 1 fully saturated rings. The zero-order chi connectivity index (χ0) is 12.3. The zero-order valence-corrected chi connectivity index (χ0v) is 10.6. The predicted molar refractivity (Wildman–Crippen MR) is 70.2 cm³/mol. The largest absolute Gasteiger partial charge is 0.679 e. The van der Waals surface area contributed by atoms with Gasteiger partial charge in [-0.25, -0.2) is 9.05 Å². The SMILES string of the molecule is Cc1cccc2c1-c1n(C)cc[n+]1B1OCCN12. The number of hydrogen-bond acceptors (Lipinski definition) is 2. The lowest BCUT2D eigenvalue weighted by Crippen LogP contribution is -2.63. The fraction of sp³-hybridized carbons (Fsp3) is 0.308. The molecule has 5 heteroatoms. The van der Waals surface area contributed by atoms with E-state index in [2.05, 4.69) is 58.4 Å². The lowest BCUT2D eigenvalue weighted by Gasteiger charge is -2.26. The summed E-state index contributed by atoms with van der Waals surface area (Å²) in [5, 5.41) is 0. The van der Waals surface area contributed by atoms with Crippen LogP contribution in [0.15, 0.2) is 30.6 Å². The Kier molecular flexibility index (Phi) is 1.92. The van der Waals surface area contributed by atoms with Crippen LogP contribution >= 0.6 is 0 Å². The second kappa shape index (κ2) is 3.39. The third-order valence-electron chi connectivity index (χ3n) is 3.92. The number of aromatic nitrogens is 2. The summed E-state index contributed by atoms with van der Waals surface area (Å²) in [5.74, 6) is 1.23. The van der Waals surface area contributed by atoms with Gasteiger partial charge in [0.1, 0.15) is 12.4 Å². The van der Waals surface area contributed by atoms with Crippen molar-refractivity contribution in [3.8, 4) is 11.4 Å². The molecule has 0 unspecified atom stereocenters. The van der Waals surface area contributed by atoms with Gasteiger partial charge in [-0.05, 0) is 18.6 Å². The Labute approximate surface area is 107 Å². The Morgan fingerprint density at radius 2 is 2.28 bits per heavy atom. The second-order valence-corrected chi connectivity index (χ2v) is 5.00. The number of aryl methyl sites for hydroxylation is 2. The van der Waals surface area contributed by atoms with Crippen molar-refractivity contribution in [1.29, 1.82) is 0 Å². The topological polar surface area (TPSA) is 21.3 Å². The molecule has 1 saturated heterocycles. The van der Waals surface area contributed by atoms with Gasteiger partial charge >= 0.3 is 7.19 Å². The monoisotopic (exact) mass is 240 g/mol. The Balaban J connectivity index is 2.09. The highest BCUT2D eigenvalue weighted by Crippen LogP contribution is 2.36. The molecular formula is C13H15BN3O+. The van der Waals surface area contributed by atoms with Crippen LogP contribution in [0.3, 0.4) is 0 Å². The summed E-state index contributed by atoms with van der Waals surface area (Å²) >= 11 is 0. The Morgan fingerprint density at radius 3 is 3.17 bits per heavy atom. The Bertz CT molecular complexity index is 637. The number of fused-ring (bicyclic) bond motifs is 6. The minimum atomic E-state index is 0.0236. The van der Waals surface area contributed by atoms with E-state index in [0.717, 1.165) is 13.2 Å². The van der Waals surface area contributed by atoms with Gasteiger partial charge in [0.05, 0.1) is 19.2 Å². The van der Waals surface area contributed by atoms with Crippen LogP contribution in [0, 0.1) is 6.92 Å². The summed E-state index contributed by atoms with van der Waals surface area (Å²) in [6.07, 6.45) is 4.20. The maximum atomic E-state index is 5.87. The molecule has 2 aliphatic rings. The van der Waals surface area contributed by atoms with Crippen molar-refractivity contribution in [2.24, 2.45) is 7.05 Å². The molecule has 0 N–H and O–H groups in total. The molecule has 0 spiro atoms. The van der Waals surface area contributed by atoms with E-state index in [9.17, 15) is 0 Å². The van der Waals surface area contributed by atoms with Gasteiger partial charge in [0.15, 0.2) is 0 Å². The zero-order valence-electron chi connectivity index (χ0n) is 10.6. The molecule has 4 rings (SSSR count). The predicted octanol–water partition coefficient (Wildman–Crippen LogP) is 0.971. The minimum absolute atomic E-state index is 0.0236. The summed E-state index contributed by atoms with van der Waals surface area (Å²) in [5.41, 5.74) is 3.93. The van der Waals surface area contributed by atoms with Crippen LogP contribution < -0.4 is 9.29 Å². The lowest BCUT2D eigenvalue weighted by atomic mass is 9.89. The molecule has 4 nitrogen and oxygen atoms in total. The quantitative estimate of drug-likeness (QED) is 0.640. The highest BCUT2D eigenvalue weighted by Gasteiger charge is 2.48. The van der Waals surface area contributed by atoms with E-state index in [1.54, 1.807) is 0 Å². The lowest BCUT2D eigenvalue weighted by molar-refractivity contribution is -0.538. The average Bonchev–Trinajstić information content (AvgIpc) is 2.96. The van der Waals surface area contributed by atoms with E-state index in [1.165, 1.54) is 22.6 Å². The number of rotatable bonds is 0. The molecule has 0 atom stereocenters. The van der Waals surface area contributed by atoms with Crippen molar-refractivity contribution in [2.45, 2.75) is 6.92 Å². The normalized spacial score (nSPS) is 16.6. The standard InChI is InChI=1S/C13H15BN3O/c1-10-4-3-5-11-12(10)13-15(2)6-7-17(13)14-16(11)8-9-18-14/h3-7H,8-9H2,1-2H3/q+1. The van der Waals surface area contributed by atoms with E-state index in [1.807, 2.05) is 0 Å². The Hall–Kier alpha value is -1.75. The summed E-state index contributed by atoms with van der Waals surface area (Å²) < 4.78 is 10.3. The van der Waals surface area contributed by atoms with Gasteiger partial charge < -0.3 is 9.47 Å². The van der Waals surface area contributed by atoms with Crippen LogP contribution in [0.25, 0.3) is 11.4 Å². The van der Waals surface area contributed by atoms with Gasteiger partial charge in [-0.2, -0.15) is 0 Å². The van der Waals surface area contributed by atoms with E-state index >= 15 is 0 Å². The molecule has 0 amide bonds. The first-order valence-corrected chi connectivity index (χ1v) is 6.32. The van der Waals surface area contributed by atoms with Crippen molar-refractivity contribution >= 4 is 12.9 Å². The summed E-state index contributed by atoms with van der Waals surface area (Å²) in [6.45, 7) is 3.93. The molecule has 0 saturated carbocycles. The average molecular weight is 240 g/mol. The van der Waals surface area contributed by atoms with Crippen LogP contribution in [0.5, 0.6) is 0 Å². The first-order valence-electron chi connectivity index (χ1n) is 6.32. The van der Waals surface area contributed by atoms with Crippen LogP contribution in [-0.4, -0.2) is 24.9 Å². The van der Waals surface area contributed by atoms with Crippen molar-refractivity contribution in [3.63, 3.8) is 0 Å². The fourth-order valence-electron chi connectivity index (χ4n) is 3.09. The van der Waals surface area contributed by atoms with Crippen molar-refractivity contribution < 1.29 is 9.13 Å². The van der Waals surface area contributed by atoms with Gasteiger partial charge in [-0.15, -0.1) is 0 Å². The third kappa shape index (κ3) is 1.12. The number of anilines is 1. The van der Waals surface area contributed by atoms with Gasteiger partial charge in [0.25, 0.3) is 5.82 Å². The van der Waals surface area contributed by atoms with Gasteiger partial charge in [-0.1, -0.05) is 12.1 Å². The van der Waals surface area contributed by atoms with E-state index in [-0.39, 0.29) is 7.19 Å². The van der Waals surface area contributed by atoms with Gasteiger partial charge in [-0.3, -0.25) is 0 Å². The maximum absolute atomic E-state index is 5.87. The van der Waals surface area contributed by atoms with Crippen LogP contribution in [0.4, 0.5) is 5.69 Å². The van der Waals surface area contributed by atoms with E-state index in [0.29, 0.717) is 0 Å². The molecule has 2 aliphatic heterocycles. The molecule has 1 aromatic carbocycles. The third-order valence-corrected chi connectivity index (χ3v) is 3.92. The smallest absolute Gasteiger partial charge is 0.374 e. The molecule has 0 aliphatic carbocycles. The Morgan fingerprint density at radius 1 is 1.39 bits per heavy atom. The van der Waals surface area contributed by atoms with E-state index in [4.69, 9.17) is 4.65 Å². The maximum Gasteiger partial charge on any atom is 0.679 e. The molecule has 3 heterocycles. The molecular weight excluding hydrogens is 225 g/mol. The summed E-state index contributed by atoms with van der Waals surface area (Å²) in [6, 6.07) is 6.50. The number of imidazole rings is 1. The van der Waals surface area contributed by atoms with Crippen LogP contribution in [-0.2, 0) is 11.7 Å². The van der Waals surface area contributed by atoms with Crippen LogP contribution in [0.2, 0.25) is 0 Å².